The van der Waals surface area contributed by atoms with E-state index in [2.05, 4.69) is 42.9 Å². The fourth-order valence-electron chi connectivity index (χ4n) is 4.61. The topological polar surface area (TPSA) is 35.0 Å². The highest BCUT2D eigenvalue weighted by Gasteiger charge is 2.17. The molecule has 1 aromatic heterocycles. The Labute approximate surface area is 211 Å². The van der Waals surface area contributed by atoms with Crippen LogP contribution in [0, 0.1) is 11.7 Å². The molecule has 3 nitrogen and oxygen atoms in total. The SMILES string of the molecule is CCCCCCCCc1cnc(-c2ccc(F)cc2OCC2CC=C(CCC=C(C)C)CC2)nc1. The Balaban J connectivity index is 1.53. The molecule has 1 aliphatic rings. The maximum atomic E-state index is 14.0. The third-order valence-electron chi connectivity index (χ3n) is 6.82. The van der Waals surface area contributed by atoms with Crippen molar-refractivity contribution in [1.82, 2.24) is 9.97 Å². The van der Waals surface area contributed by atoms with Gasteiger partial charge in [-0.1, -0.05) is 62.3 Å². The normalized spacial score (nSPS) is 15.5. The molecule has 0 radical (unpaired) electrons. The second-order valence-electron chi connectivity index (χ2n) is 10.2. The second kappa shape index (κ2) is 14.8. The van der Waals surface area contributed by atoms with E-state index >= 15 is 0 Å². The van der Waals surface area contributed by atoms with E-state index in [0.29, 0.717) is 24.1 Å². The lowest BCUT2D eigenvalue weighted by Crippen LogP contribution is -2.15. The summed E-state index contributed by atoms with van der Waals surface area (Å²) in [4.78, 5) is 9.17. The van der Waals surface area contributed by atoms with Crippen LogP contribution in [-0.2, 0) is 6.42 Å². The monoisotopic (exact) mass is 478 g/mol. The van der Waals surface area contributed by atoms with Crippen LogP contribution in [0.1, 0.15) is 97.0 Å². The molecule has 35 heavy (non-hydrogen) atoms. The van der Waals surface area contributed by atoms with E-state index in [9.17, 15) is 4.39 Å². The number of aromatic nitrogens is 2. The Kier molecular flexibility index (Phi) is 11.5. The number of aryl methyl sites for hydroxylation is 1. The van der Waals surface area contributed by atoms with Crippen LogP contribution in [0.2, 0.25) is 0 Å². The summed E-state index contributed by atoms with van der Waals surface area (Å²) in [5.41, 5.74) is 4.85. The summed E-state index contributed by atoms with van der Waals surface area (Å²) in [5, 5.41) is 0. The van der Waals surface area contributed by atoms with E-state index in [0.717, 1.165) is 49.7 Å². The molecule has 1 unspecified atom stereocenters. The summed E-state index contributed by atoms with van der Waals surface area (Å²) >= 11 is 0. The maximum Gasteiger partial charge on any atom is 0.162 e. The largest absolute Gasteiger partial charge is 0.492 e. The Morgan fingerprint density at radius 3 is 2.54 bits per heavy atom. The van der Waals surface area contributed by atoms with Gasteiger partial charge in [0.15, 0.2) is 5.82 Å². The lowest BCUT2D eigenvalue weighted by Gasteiger charge is -2.22. The Morgan fingerprint density at radius 1 is 1.06 bits per heavy atom. The molecule has 0 N–H and O–H groups in total. The lowest BCUT2D eigenvalue weighted by atomic mass is 9.88. The zero-order chi connectivity index (χ0) is 24.9. The van der Waals surface area contributed by atoms with Gasteiger partial charge in [-0.05, 0) is 82.4 Å². The molecule has 2 aromatic rings. The molecule has 0 saturated carbocycles. The lowest BCUT2D eigenvalue weighted by molar-refractivity contribution is 0.236. The van der Waals surface area contributed by atoms with Crippen molar-refractivity contribution in [1.29, 1.82) is 0 Å². The van der Waals surface area contributed by atoms with Crippen LogP contribution >= 0.6 is 0 Å². The van der Waals surface area contributed by atoms with Gasteiger partial charge >= 0.3 is 0 Å². The minimum absolute atomic E-state index is 0.298. The fraction of sp³-hybridized carbons (Fsp3) is 0.548. The van der Waals surface area contributed by atoms with E-state index in [-0.39, 0.29) is 5.82 Å². The molecule has 3 rings (SSSR count). The van der Waals surface area contributed by atoms with E-state index < -0.39 is 0 Å². The fourth-order valence-corrected chi connectivity index (χ4v) is 4.61. The first-order valence-corrected chi connectivity index (χ1v) is 13.6. The number of nitrogens with zero attached hydrogens (tertiary/aromatic N) is 2. The summed E-state index contributed by atoms with van der Waals surface area (Å²) in [5.74, 6) is 1.29. The zero-order valence-electron chi connectivity index (χ0n) is 22.0. The number of benzene rings is 1. The Hall–Kier alpha value is -2.49. The zero-order valence-corrected chi connectivity index (χ0v) is 22.0. The van der Waals surface area contributed by atoms with Crippen molar-refractivity contribution in [2.75, 3.05) is 6.61 Å². The maximum absolute atomic E-state index is 14.0. The molecule has 0 saturated heterocycles. The van der Waals surface area contributed by atoms with Gasteiger partial charge < -0.3 is 4.74 Å². The van der Waals surface area contributed by atoms with Crippen LogP contribution in [0.3, 0.4) is 0 Å². The Bertz CT molecular complexity index is 960. The van der Waals surface area contributed by atoms with Crippen molar-refractivity contribution in [3.8, 4) is 17.1 Å². The number of allylic oxidation sites excluding steroid dienone is 4. The van der Waals surface area contributed by atoms with Gasteiger partial charge in [0, 0.05) is 18.5 Å². The minimum atomic E-state index is -0.298. The molecule has 1 aliphatic carbocycles. The third-order valence-corrected chi connectivity index (χ3v) is 6.82. The highest BCUT2D eigenvalue weighted by molar-refractivity contribution is 5.63. The summed E-state index contributed by atoms with van der Waals surface area (Å²) in [6, 6.07) is 4.65. The van der Waals surface area contributed by atoms with Gasteiger partial charge in [0.25, 0.3) is 0 Å². The third kappa shape index (κ3) is 9.58. The first-order chi connectivity index (χ1) is 17.0. The first-order valence-electron chi connectivity index (χ1n) is 13.6. The predicted molar refractivity (Wildman–Crippen MR) is 144 cm³/mol. The molecule has 0 bridgehead atoms. The molecular weight excluding hydrogens is 435 g/mol. The molecular formula is C31H43FN2O. The molecule has 0 fully saturated rings. The number of hydrogen-bond acceptors (Lipinski definition) is 3. The predicted octanol–water partition coefficient (Wildman–Crippen LogP) is 9.04. The van der Waals surface area contributed by atoms with Gasteiger partial charge in [-0.2, -0.15) is 0 Å². The van der Waals surface area contributed by atoms with E-state index in [4.69, 9.17) is 4.74 Å². The molecule has 4 heteroatoms. The second-order valence-corrected chi connectivity index (χ2v) is 10.2. The number of unbranched alkanes of at least 4 members (excludes halogenated alkanes) is 5. The summed E-state index contributed by atoms with van der Waals surface area (Å²) in [7, 11) is 0. The number of halogens is 1. The molecule has 0 amide bonds. The quantitative estimate of drug-likeness (QED) is 0.201. The van der Waals surface area contributed by atoms with Crippen molar-refractivity contribution < 1.29 is 9.13 Å². The standard InChI is InChI=1S/C31H43FN2O/c1-4-5-6-7-8-9-12-27-21-33-31(34-22-27)29-19-18-28(32)20-30(29)35-23-26-16-14-25(15-17-26)13-10-11-24(2)3/h11,14,18-22,26H,4-10,12-13,15-17,23H2,1-3H3. The summed E-state index contributed by atoms with van der Waals surface area (Å²) in [6.07, 6.45) is 22.7. The van der Waals surface area contributed by atoms with Crippen LogP contribution in [0.5, 0.6) is 5.75 Å². The van der Waals surface area contributed by atoms with Crippen molar-refractivity contribution in [3.05, 3.63) is 65.3 Å². The van der Waals surface area contributed by atoms with Gasteiger partial charge in [-0.15, -0.1) is 0 Å². The number of hydrogen-bond donors (Lipinski definition) is 0. The van der Waals surface area contributed by atoms with Crippen molar-refractivity contribution in [2.24, 2.45) is 5.92 Å². The van der Waals surface area contributed by atoms with Gasteiger partial charge in [0.05, 0.1) is 12.2 Å². The van der Waals surface area contributed by atoms with Crippen molar-refractivity contribution in [2.45, 2.75) is 97.8 Å². The Morgan fingerprint density at radius 2 is 1.83 bits per heavy atom. The summed E-state index contributed by atoms with van der Waals surface area (Å²) < 4.78 is 20.2. The van der Waals surface area contributed by atoms with Gasteiger partial charge in [-0.25, -0.2) is 14.4 Å². The molecule has 190 valence electrons. The van der Waals surface area contributed by atoms with E-state index in [1.165, 1.54) is 56.2 Å². The highest BCUT2D eigenvalue weighted by Crippen LogP contribution is 2.31. The van der Waals surface area contributed by atoms with Crippen molar-refractivity contribution in [3.63, 3.8) is 0 Å². The van der Waals surface area contributed by atoms with Crippen LogP contribution in [0.25, 0.3) is 11.4 Å². The number of rotatable bonds is 14. The summed E-state index contributed by atoms with van der Waals surface area (Å²) in [6.45, 7) is 7.13. The van der Waals surface area contributed by atoms with Crippen LogP contribution < -0.4 is 4.74 Å². The van der Waals surface area contributed by atoms with E-state index in [1.54, 1.807) is 11.6 Å². The van der Waals surface area contributed by atoms with Crippen LogP contribution in [-0.4, -0.2) is 16.6 Å². The van der Waals surface area contributed by atoms with Crippen LogP contribution in [0.15, 0.2) is 53.9 Å². The van der Waals surface area contributed by atoms with Gasteiger partial charge in [0.1, 0.15) is 11.6 Å². The smallest absolute Gasteiger partial charge is 0.162 e. The first kappa shape index (κ1) is 27.1. The molecule has 0 spiro atoms. The molecule has 0 aliphatic heterocycles. The van der Waals surface area contributed by atoms with Gasteiger partial charge in [-0.3, -0.25) is 0 Å². The highest BCUT2D eigenvalue weighted by atomic mass is 19.1. The average Bonchev–Trinajstić information content (AvgIpc) is 2.86. The molecule has 1 heterocycles. The number of ether oxygens (including phenoxy) is 1. The van der Waals surface area contributed by atoms with E-state index in [1.807, 2.05) is 12.4 Å². The van der Waals surface area contributed by atoms with Crippen molar-refractivity contribution >= 4 is 0 Å². The molecule has 1 atom stereocenters. The van der Waals surface area contributed by atoms with Crippen LogP contribution in [0.4, 0.5) is 4.39 Å². The van der Waals surface area contributed by atoms with Gasteiger partial charge in [0.2, 0.25) is 0 Å². The molecule has 1 aromatic carbocycles. The average molecular weight is 479 g/mol. The minimum Gasteiger partial charge on any atom is -0.492 e.